The van der Waals surface area contributed by atoms with Crippen LogP contribution < -0.4 is 5.32 Å². The Bertz CT molecular complexity index is 203. The van der Waals surface area contributed by atoms with Crippen molar-refractivity contribution in [3.63, 3.8) is 0 Å². The van der Waals surface area contributed by atoms with Crippen molar-refractivity contribution in [1.82, 2.24) is 5.32 Å². The van der Waals surface area contributed by atoms with Gasteiger partial charge in [0.2, 0.25) is 0 Å². The van der Waals surface area contributed by atoms with Crippen LogP contribution in [0.3, 0.4) is 0 Å². The summed E-state index contributed by atoms with van der Waals surface area (Å²) in [6.45, 7) is 4.48. The molecule has 3 atom stereocenters. The summed E-state index contributed by atoms with van der Waals surface area (Å²) < 4.78 is 5.25. The molecule has 0 radical (unpaired) electrons. The van der Waals surface area contributed by atoms with Gasteiger partial charge in [-0.3, -0.25) is 4.79 Å². The normalized spacial score (nSPS) is 38.5. The van der Waals surface area contributed by atoms with Crippen LogP contribution in [0.5, 0.6) is 0 Å². The standard InChI is InChI=1S/C11H19NO2/c1-8-2-3-9(6-12-8)11(13)10-4-5-14-7-10/h8-10,12H,2-7H2,1H3. The number of ether oxygens (including phenoxy) is 1. The Morgan fingerprint density at radius 2 is 2.14 bits per heavy atom. The van der Waals surface area contributed by atoms with Crippen molar-refractivity contribution in [1.29, 1.82) is 0 Å². The second-order valence-electron chi connectivity index (χ2n) is 4.55. The number of carbonyl (C=O) groups is 1. The van der Waals surface area contributed by atoms with E-state index < -0.39 is 0 Å². The van der Waals surface area contributed by atoms with E-state index >= 15 is 0 Å². The van der Waals surface area contributed by atoms with Gasteiger partial charge in [-0.1, -0.05) is 0 Å². The molecule has 2 rings (SSSR count). The van der Waals surface area contributed by atoms with Crippen LogP contribution in [-0.2, 0) is 9.53 Å². The smallest absolute Gasteiger partial charge is 0.142 e. The minimum absolute atomic E-state index is 0.190. The van der Waals surface area contributed by atoms with Gasteiger partial charge in [0, 0.05) is 31.0 Å². The summed E-state index contributed by atoms with van der Waals surface area (Å²) in [4.78, 5) is 12.0. The van der Waals surface area contributed by atoms with E-state index in [9.17, 15) is 4.79 Å². The first-order valence-corrected chi connectivity index (χ1v) is 5.62. The predicted molar refractivity (Wildman–Crippen MR) is 54.1 cm³/mol. The fraction of sp³-hybridized carbons (Fsp3) is 0.909. The van der Waals surface area contributed by atoms with E-state index in [1.807, 2.05) is 0 Å². The molecule has 2 fully saturated rings. The van der Waals surface area contributed by atoms with E-state index in [1.54, 1.807) is 0 Å². The van der Waals surface area contributed by atoms with Crippen molar-refractivity contribution in [2.75, 3.05) is 19.8 Å². The van der Waals surface area contributed by atoms with Crippen LogP contribution in [0.1, 0.15) is 26.2 Å². The van der Waals surface area contributed by atoms with Crippen molar-refractivity contribution >= 4 is 5.78 Å². The third kappa shape index (κ3) is 2.15. The predicted octanol–water partition coefficient (Wildman–Crippen LogP) is 0.980. The molecule has 3 unspecified atom stereocenters. The van der Waals surface area contributed by atoms with Crippen molar-refractivity contribution < 1.29 is 9.53 Å². The van der Waals surface area contributed by atoms with Crippen LogP contribution in [0.2, 0.25) is 0 Å². The van der Waals surface area contributed by atoms with E-state index in [0.717, 1.165) is 32.4 Å². The zero-order chi connectivity index (χ0) is 9.97. The van der Waals surface area contributed by atoms with Gasteiger partial charge in [0.1, 0.15) is 5.78 Å². The highest BCUT2D eigenvalue weighted by atomic mass is 16.5. The number of hydrogen-bond donors (Lipinski definition) is 1. The molecule has 3 heteroatoms. The minimum atomic E-state index is 0.190. The molecule has 0 aromatic carbocycles. The summed E-state index contributed by atoms with van der Waals surface area (Å²) in [7, 11) is 0. The zero-order valence-corrected chi connectivity index (χ0v) is 8.79. The van der Waals surface area contributed by atoms with Gasteiger partial charge in [-0.2, -0.15) is 0 Å². The largest absolute Gasteiger partial charge is 0.381 e. The quantitative estimate of drug-likeness (QED) is 0.717. The van der Waals surface area contributed by atoms with Crippen LogP contribution in [0.15, 0.2) is 0 Å². The topological polar surface area (TPSA) is 38.3 Å². The molecule has 0 aromatic rings. The lowest BCUT2D eigenvalue weighted by atomic mass is 9.85. The molecule has 0 aromatic heterocycles. The highest BCUT2D eigenvalue weighted by Gasteiger charge is 2.31. The molecule has 1 N–H and O–H groups in total. The average Bonchev–Trinajstić information content (AvgIpc) is 2.71. The monoisotopic (exact) mass is 197 g/mol. The maximum Gasteiger partial charge on any atom is 0.142 e. The second-order valence-corrected chi connectivity index (χ2v) is 4.55. The van der Waals surface area contributed by atoms with Gasteiger partial charge in [0.25, 0.3) is 0 Å². The Balaban J connectivity index is 1.85. The third-order valence-corrected chi connectivity index (χ3v) is 3.40. The molecular weight excluding hydrogens is 178 g/mol. The highest BCUT2D eigenvalue weighted by Crippen LogP contribution is 2.23. The lowest BCUT2D eigenvalue weighted by Crippen LogP contribution is -2.41. The van der Waals surface area contributed by atoms with Gasteiger partial charge < -0.3 is 10.1 Å². The molecule has 3 nitrogen and oxygen atoms in total. The van der Waals surface area contributed by atoms with E-state index in [4.69, 9.17) is 4.74 Å². The first kappa shape index (κ1) is 10.1. The molecule has 0 bridgehead atoms. The van der Waals surface area contributed by atoms with Crippen molar-refractivity contribution in [3.05, 3.63) is 0 Å². The van der Waals surface area contributed by atoms with Crippen LogP contribution >= 0.6 is 0 Å². The van der Waals surface area contributed by atoms with Crippen molar-refractivity contribution in [2.24, 2.45) is 11.8 Å². The third-order valence-electron chi connectivity index (χ3n) is 3.40. The molecule has 2 aliphatic heterocycles. The van der Waals surface area contributed by atoms with Crippen LogP contribution in [0, 0.1) is 11.8 Å². The van der Waals surface area contributed by atoms with Crippen molar-refractivity contribution in [3.8, 4) is 0 Å². The van der Waals surface area contributed by atoms with Crippen molar-refractivity contribution in [2.45, 2.75) is 32.2 Å². The molecule has 2 saturated heterocycles. The SMILES string of the molecule is CC1CCC(C(=O)C2CCOC2)CN1. The van der Waals surface area contributed by atoms with Gasteiger partial charge in [-0.05, 0) is 26.2 Å². The summed E-state index contributed by atoms with van der Waals surface area (Å²) >= 11 is 0. The number of nitrogens with one attached hydrogen (secondary N) is 1. The number of piperidine rings is 1. The van der Waals surface area contributed by atoms with E-state index in [1.165, 1.54) is 0 Å². The van der Waals surface area contributed by atoms with Crippen LogP contribution in [0.25, 0.3) is 0 Å². The number of rotatable bonds is 2. The fourth-order valence-electron chi connectivity index (χ4n) is 2.33. The lowest BCUT2D eigenvalue weighted by Gasteiger charge is -2.27. The van der Waals surface area contributed by atoms with Gasteiger partial charge >= 0.3 is 0 Å². The summed E-state index contributed by atoms with van der Waals surface area (Å²) in [5.74, 6) is 0.870. The minimum Gasteiger partial charge on any atom is -0.381 e. The Labute approximate surface area is 85.2 Å². The van der Waals surface area contributed by atoms with Gasteiger partial charge in [-0.25, -0.2) is 0 Å². The zero-order valence-electron chi connectivity index (χ0n) is 8.79. The highest BCUT2D eigenvalue weighted by molar-refractivity contribution is 5.84. The summed E-state index contributed by atoms with van der Waals surface area (Å²) in [6.07, 6.45) is 3.12. The summed E-state index contributed by atoms with van der Waals surface area (Å²) in [5, 5.41) is 3.37. The average molecular weight is 197 g/mol. The number of carbonyl (C=O) groups excluding carboxylic acids is 1. The maximum atomic E-state index is 12.0. The van der Waals surface area contributed by atoms with Gasteiger partial charge in [-0.15, -0.1) is 0 Å². The summed E-state index contributed by atoms with van der Waals surface area (Å²) in [5.41, 5.74) is 0. The van der Waals surface area contributed by atoms with E-state index in [-0.39, 0.29) is 11.8 Å². The Morgan fingerprint density at radius 3 is 2.71 bits per heavy atom. The molecule has 0 aliphatic carbocycles. The maximum absolute atomic E-state index is 12.0. The Kier molecular flexibility index (Phi) is 3.19. The van der Waals surface area contributed by atoms with Crippen LogP contribution in [0.4, 0.5) is 0 Å². The van der Waals surface area contributed by atoms with E-state index in [0.29, 0.717) is 18.4 Å². The number of Topliss-reactive ketones (excluding diaryl/α,β-unsaturated/α-hetero) is 1. The van der Waals surface area contributed by atoms with Gasteiger partial charge in [0.05, 0.1) is 6.61 Å². The molecule has 2 aliphatic rings. The molecule has 0 saturated carbocycles. The molecule has 14 heavy (non-hydrogen) atoms. The Hall–Kier alpha value is -0.410. The Morgan fingerprint density at radius 1 is 1.29 bits per heavy atom. The number of hydrogen-bond acceptors (Lipinski definition) is 3. The van der Waals surface area contributed by atoms with Crippen LogP contribution in [-0.4, -0.2) is 31.6 Å². The summed E-state index contributed by atoms with van der Waals surface area (Å²) in [6, 6.07) is 0.582. The molecule has 2 heterocycles. The second kappa shape index (κ2) is 4.41. The molecule has 0 spiro atoms. The van der Waals surface area contributed by atoms with E-state index in [2.05, 4.69) is 12.2 Å². The molecular formula is C11H19NO2. The first-order chi connectivity index (χ1) is 6.77. The first-order valence-electron chi connectivity index (χ1n) is 5.62. The molecule has 80 valence electrons. The van der Waals surface area contributed by atoms with Gasteiger partial charge in [0.15, 0.2) is 0 Å². The lowest BCUT2D eigenvalue weighted by molar-refractivity contribution is -0.127. The number of ketones is 1. The molecule has 0 amide bonds. The fourth-order valence-corrected chi connectivity index (χ4v) is 2.33.